The van der Waals surface area contributed by atoms with Crippen LogP contribution < -0.4 is 5.32 Å². The molecule has 0 aliphatic heterocycles. The highest BCUT2D eigenvalue weighted by atomic mass is 16.5. The lowest BCUT2D eigenvalue weighted by Gasteiger charge is -2.18. The third-order valence-electron chi connectivity index (χ3n) is 3.71. The van der Waals surface area contributed by atoms with Crippen molar-refractivity contribution in [2.75, 3.05) is 6.54 Å². The van der Waals surface area contributed by atoms with Gasteiger partial charge in [-0.3, -0.25) is 0 Å². The number of amides is 1. The molecule has 3 rings (SSSR count). The molecule has 25 heavy (non-hydrogen) atoms. The number of ether oxygens (including phenoxy) is 1. The Balaban J connectivity index is 1.49. The van der Waals surface area contributed by atoms with Crippen molar-refractivity contribution < 1.29 is 19.7 Å². The first kappa shape index (κ1) is 16.9. The number of H-pyrrole nitrogens is 1. The lowest BCUT2D eigenvalue weighted by atomic mass is 10.0. The Morgan fingerprint density at radius 1 is 1.12 bits per heavy atom. The van der Waals surface area contributed by atoms with E-state index in [0.29, 0.717) is 16.6 Å². The Bertz CT molecular complexity index is 837. The number of fused-ring (bicyclic) bond motifs is 1. The number of carbonyl (C=O) groups is 1. The molecule has 1 amide bonds. The zero-order valence-electron chi connectivity index (χ0n) is 13.3. The normalized spacial score (nSPS) is 13.4. The van der Waals surface area contributed by atoms with Crippen molar-refractivity contribution in [2.45, 2.75) is 18.8 Å². The predicted octanol–water partition coefficient (Wildman–Crippen LogP) is 1.28. The van der Waals surface area contributed by atoms with Crippen LogP contribution in [0.3, 0.4) is 0 Å². The van der Waals surface area contributed by atoms with Gasteiger partial charge in [0.25, 0.3) is 0 Å². The summed E-state index contributed by atoms with van der Waals surface area (Å²) in [6.07, 6.45) is -3.02. The number of benzene rings is 2. The lowest BCUT2D eigenvalue weighted by molar-refractivity contribution is 0.0185. The number of aliphatic hydroxyl groups excluding tert-OH is 2. The summed E-state index contributed by atoms with van der Waals surface area (Å²) < 4.78 is 5.05. The summed E-state index contributed by atoms with van der Waals surface area (Å²) in [5, 5.41) is 33.0. The minimum absolute atomic E-state index is 0.133. The maximum atomic E-state index is 11.7. The SMILES string of the molecule is O=C(NCC(O)C(O)c1ccc2n[nH]nc2c1)OCc1ccccc1. The average Bonchev–Trinajstić information content (AvgIpc) is 3.12. The second kappa shape index (κ2) is 7.73. The molecule has 4 N–H and O–H groups in total. The van der Waals surface area contributed by atoms with Crippen molar-refractivity contribution in [3.05, 3.63) is 59.7 Å². The van der Waals surface area contributed by atoms with Gasteiger partial charge in [0.1, 0.15) is 29.8 Å². The Labute approximate surface area is 143 Å². The molecule has 0 saturated carbocycles. The van der Waals surface area contributed by atoms with E-state index < -0.39 is 18.3 Å². The minimum Gasteiger partial charge on any atom is -0.445 e. The number of alkyl carbamates (subject to hydrolysis) is 1. The number of hydrogen-bond donors (Lipinski definition) is 4. The number of aromatic amines is 1. The molecule has 0 saturated heterocycles. The summed E-state index contributed by atoms with van der Waals surface area (Å²) in [7, 11) is 0. The average molecular weight is 342 g/mol. The van der Waals surface area contributed by atoms with Crippen LogP contribution in [0.1, 0.15) is 17.2 Å². The molecule has 3 aromatic rings. The van der Waals surface area contributed by atoms with Crippen molar-refractivity contribution in [1.82, 2.24) is 20.7 Å². The van der Waals surface area contributed by atoms with E-state index >= 15 is 0 Å². The standard InChI is InChI=1S/C17H18N4O4/c22-15(9-18-17(24)25-10-11-4-2-1-3-5-11)16(23)12-6-7-13-14(8-12)20-21-19-13/h1-8,15-16,22-23H,9-10H2,(H,18,24)(H,19,20,21). The van der Waals surface area contributed by atoms with Gasteiger partial charge < -0.3 is 20.3 Å². The van der Waals surface area contributed by atoms with Crippen molar-refractivity contribution in [3.8, 4) is 0 Å². The molecular formula is C17H18N4O4. The van der Waals surface area contributed by atoms with Gasteiger partial charge in [-0.1, -0.05) is 36.4 Å². The highest BCUT2D eigenvalue weighted by molar-refractivity contribution is 5.74. The Kier molecular flexibility index (Phi) is 5.22. The Hall–Kier alpha value is -2.97. The molecule has 130 valence electrons. The molecule has 2 aromatic carbocycles. The van der Waals surface area contributed by atoms with E-state index in [4.69, 9.17) is 4.74 Å². The topological polar surface area (TPSA) is 120 Å². The third kappa shape index (κ3) is 4.31. The number of aromatic nitrogens is 3. The fourth-order valence-corrected chi connectivity index (χ4v) is 2.34. The Morgan fingerprint density at radius 3 is 2.68 bits per heavy atom. The van der Waals surface area contributed by atoms with Gasteiger partial charge >= 0.3 is 6.09 Å². The number of rotatable bonds is 6. The van der Waals surface area contributed by atoms with E-state index in [1.165, 1.54) is 0 Å². The minimum atomic E-state index is -1.19. The number of nitrogens with one attached hydrogen (secondary N) is 2. The van der Waals surface area contributed by atoms with Crippen molar-refractivity contribution in [3.63, 3.8) is 0 Å². The fraction of sp³-hybridized carbons (Fsp3) is 0.235. The van der Waals surface area contributed by atoms with Crippen molar-refractivity contribution in [2.24, 2.45) is 0 Å². The van der Waals surface area contributed by atoms with Gasteiger partial charge in [0.05, 0.1) is 0 Å². The van der Waals surface area contributed by atoms with Gasteiger partial charge in [-0.15, -0.1) is 0 Å². The fourth-order valence-electron chi connectivity index (χ4n) is 2.34. The zero-order valence-corrected chi connectivity index (χ0v) is 13.3. The molecule has 0 aliphatic rings. The van der Waals surface area contributed by atoms with E-state index in [2.05, 4.69) is 20.7 Å². The first-order valence-electron chi connectivity index (χ1n) is 7.74. The monoisotopic (exact) mass is 342 g/mol. The highest BCUT2D eigenvalue weighted by Gasteiger charge is 2.20. The first-order valence-corrected chi connectivity index (χ1v) is 7.74. The summed E-state index contributed by atoms with van der Waals surface area (Å²) in [4.78, 5) is 11.7. The van der Waals surface area contributed by atoms with Crippen LogP contribution in [0.15, 0.2) is 48.5 Å². The number of nitrogens with zero attached hydrogens (tertiary/aromatic N) is 2. The largest absolute Gasteiger partial charge is 0.445 e. The smallest absolute Gasteiger partial charge is 0.407 e. The summed E-state index contributed by atoms with van der Waals surface area (Å²) in [6, 6.07) is 14.2. The van der Waals surface area contributed by atoms with E-state index in [9.17, 15) is 15.0 Å². The molecule has 8 heteroatoms. The first-order chi connectivity index (χ1) is 12.1. The molecule has 1 heterocycles. The molecule has 0 spiro atoms. The molecular weight excluding hydrogens is 324 g/mol. The molecule has 1 aromatic heterocycles. The number of carbonyl (C=O) groups excluding carboxylic acids is 1. The molecule has 0 aliphatic carbocycles. The molecule has 0 radical (unpaired) electrons. The molecule has 8 nitrogen and oxygen atoms in total. The van der Waals surface area contributed by atoms with Crippen LogP contribution in [0.4, 0.5) is 4.79 Å². The van der Waals surface area contributed by atoms with Crippen LogP contribution in [-0.4, -0.2) is 44.4 Å². The molecule has 0 fully saturated rings. The quantitative estimate of drug-likeness (QED) is 0.535. The van der Waals surface area contributed by atoms with Crippen LogP contribution >= 0.6 is 0 Å². The van der Waals surface area contributed by atoms with Crippen LogP contribution in [0, 0.1) is 0 Å². The van der Waals surface area contributed by atoms with Crippen LogP contribution in [-0.2, 0) is 11.3 Å². The highest BCUT2D eigenvalue weighted by Crippen LogP contribution is 2.20. The van der Waals surface area contributed by atoms with Gasteiger partial charge in [0.2, 0.25) is 0 Å². The summed E-state index contributed by atoms with van der Waals surface area (Å²) in [5.41, 5.74) is 2.58. The van der Waals surface area contributed by atoms with Gasteiger partial charge in [-0.25, -0.2) is 4.79 Å². The lowest BCUT2D eigenvalue weighted by Crippen LogP contribution is -2.35. The van der Waals surface area contributed by atoms with Gasteiger partial charge in [0.15, 0.2) is 0 Å². The summed E-state index contributed by atoms with van der Waals surface area (Å²) in [6.45, 7) is -0.0141. The van der Waals surface area contributed by atoms with E-state index in [-0.39, 0.29) is 13.2 Å². The van der Waals surface area contributed by atoms with E-state index in [0.717, 1.165) is 5.56 Å². The van der Waals surface area contributed by atoms with Gasteiger partial charge in [0, 0.05) is 6.54 Å². The second-order valence-corrected chi connectivity index (χ2v) is 5.53. The summed E-state index contributed by atoms with van der Waals surface area (Å²) >= 11 is 0. The third-order valence-corrected chi connectivity index (χ3v) is 3.71. The van der Waals surface area contributed by atoms with E-state index in [1.54, 1.807) is 18.2 Å². The maximum absolute atomic E-state index is 11.7. The molecule has 2 atom stereocenters. The van der Waals surface area contributed by atoms with Crippen LogP contribution in [0.2, 0.25) is 0 Å². The molecule has 0 bridgehead atoms. The van der Waals surface area contributed by atoms with Crippen LogP contribution in [0.5, 0.6) is 0 Å². The maximum Gasteiger partial charge on any atom is 0.407 e. The van der Waals surface area contributed by atoms with Gasteiger partial charge in [-0.05, 0) is 23.3 Å². The van der Waals surface area contributed by atoms with Crippen LogP contribution in [0.25, 0.3) is 11.0 Å². The number of hydrogen-bond acceptors (Lipinski definition) is 6. The second-order valence-electron chi connectivity index (χ2n) is 5.53. The Morgan fingerprint density at radius 2 is 1.88 bits per heavy atom. The molecule has 2 unspecified atom stereocenters. The van der Waals surface area contributed by atoms with Crippen molar-refractivity contribution >= 4 is 17.1 Å². The predicted molar refractivity (Wildman–Crippen MR) is 89.5 cm³/mol. The van der Waals surface area contributed by atoms with E-state index in [1.807, 2.05) is 30.3 Å². The zero-order chi connectivity index (χ0) is 17.6. The van der Waals surface area contributed by atoms with Gasteiger partial charge in [-0.2, -0.15) is 15.4 Å². The number of aliphatic hydroxyl groups is 2. The van der Waals surface area contributed by atoms with Crippen molar-refractivity contribution in [1.29, 1.82) is 0 Å². The summed E-state index contributed by atoms with van der Waals surface area (Å²) in [5.74, 6) is 0.